The molecule has 0 amide bonds. The highest BCUT2D eigenvalue weighted by atomic mass is 15.2. The predicted molar refractivity (Wildman–Crippen MR) is 189 cm³/mol. The maximum Gasteiger partial charge on any atom is 0.0705 e. The van der Waals surface area contributed by atoms with Crippen molar-refractivity contribution in [3.05, 3.63) is 136 Å². The van der Waals surface area contributed by atoms with Gasteiger partial charge in [-0.2, -0.15) is 0 Å². The Morgan fingerprint density at radius 3 is 1.89 bits per heavy atom. The SMILES string of the molecule is Cc1ccc(N(Cc2ccnc(-c3cc(C)c(C)c(C)c3)c2)C2CCN(Cc3ccnc(-c4ccc(C)c(C)c4)c3)CC2)cc1. The topological polar surface area (TPSA) is 32.3 Å². The summed E-state index contributed by atoms with van der Waals surface area (Å²) in [6.07, 6.45) is 6.22. The van der Waals surface area contributed by atoms with E-state index in [9.17, 15) is 0 Å². The van der Waals surface area contributed by atoms with Crippen molar-refractivity contribution in [2.45, 2.75) is 73.5 Å². The van der Waals surface area contributed by atoms with Crippen molar-refractivity contribution in [2.75, 3.05) is 18.0 Å². The second-order valence-electron chi connectivity index (χ2n) is 13.1. The maximum atomic E-state index is 4.78. The van der Waals surface area contributed by atoms with Crippen LogP contribution in [0.4, 0.5) is 5.69 Å². The molecule has 0 atom stereocenters. The zero-order valence-electron chi connectivity index (χ0n) is 27.8. The number of piperidine rings is 1. The zero-order valence-corrected chi connectivity index (χ0v) is 27.8. The summed E-state index contributed by atoms with van der Waals surface area (Å²) in [6.45, 7) is 17.1. The molecule has 0 N–H and O–H groups in total. The lowest BCUT2D eigenvalue weighted by molar-refractivity contribution is 0.201. The summed E-state index contributed by atoms with van der Waals surface area (Å²) in [5.41, 5.74) is 16.3. The number of hydrogen-bond donors (Lipinski definition) is 0. The van der Waals surface area contributed by atoms with Gasteiger partial charge in [0.25, 0.3) is 0 Å². The predicted octanol–water partition coefficient (Wildman–Crippen LogP) is 9.33. The highest BCUT2D eigenvalue weighted by molar-refractivity contribution is 5.64. The van der Waals surface area contributed by atoms with Crippen LogP contribution in [-0.2, 0) is 13.1 Å². The Bertz CT molecular complexity index is 1760. The van der Waals surface area contributed by atoms with Gasteiger partial charge in [0.05, 0.1) is 11.4 Å². The number of hydrogen-bond acceptors (Lipinski definition) is 4. The number of rotatable bonds is 8. The molecule has 0 unspecified atom stereocenters. The first-order chi connectivity index (χ1) is 21.7. The van der Waals surface area contributed by atoms with Crippen LogP contribution in [0, 0.1) is 41.5 Å². The van der Waals surface area contributed by atoms with Crippen molar-refractivity contribution in [1.29, 1.82) is 0 Å². The maximum absolute atomic E-state index is 4.78. The lowest BCUT2D eigenvalue weighted by Crippen LogP contribution is -2.44. The Labute approximate surface area is 269 Å². The Morgan fingerprint density at radius 1 is 0.622 bits per heavy atom. The van der Waals surface area contributed by atoms with Gasteiger partial charge in [0, 0.05) is 61.4 Å². The molecular formula is C41H46N4. The van der Waals surface area contributed by atoms with Gasteiger partial charge in [0.1, 0.15) is 0 Å². The summed E-state index contributed by atoms with van der Waals surface area (Å²) in [4.78, 5) is 14.7. The highest BCUT2D eigenvalue weighted by Gasteiger charge is 2.25. The summed E-state index contributed by atoms with van der Waals surface area (Å²) in [5, 5.41) is 0. The van der Waals surface area contributed by atoms with Gasteiger partial charge >= 0.3 is 0 Å². The lowest BCUT2D eigenvalue weighted by Gasteiger charge is -2.40. The zero-order chi connectivity index (χ0) is 31.5. The van der Waals surface area contributed by atoms with Crippen molar-refractivity contribution in [2.24, 2.45) is 0 Å². The van der Waals surface area contributed by atoms with Crippen molar-refractivity contribution in [3.8, 4) is 22.5 Å². The van der Waals surface area contributed by atoms with Crippen LogP contribution < -0.4 is 4.90 Å². The number of aryl methyl sites for hydroxylation is 5. The molecule has 1 saturated heterocycles. The van der Waals surface area contributed by atoms with Gasteiger partial charge in [-0.1, -0.05) is 29.8 Å². The van der Waals surface area contributed by atoms with Crippen LogP contribution in [0.1, 0.15) is 57.3 Å². The Balaban J connectivity index is 1.17. The molecular weight excluding hydrogens is 548 g/mol. The van der Waals surface area contributed by atoms with Gasteiger partial charge in [-0.15, -0.1) is 0 Å². The summed E-state index contributed by atoms with van der Waals surface area (Å²) in [7, 11) is 0. The van der Waals surface area contributed by atoms with E-state index in [-0.39, 0.29) is 0 Å². The standard InChI is InChI=1S/C41H46N4/c1-28-7-11-38(12-8-28)45(27-35-14-18-43-41(25-35)37-22-31(4)33(6)32(5)23-37)39-15-19-44(20-16-39)26-34-13-17-42-40(24-34)36-10-9-29(2)30(3)21-36/h7-14,17-18,21-25,39H,15-16,19-20,26-27H2,1-6H3. The minimum absolute atomic E-state index is 0.480. The first kappa shape index (κ1) is 30.7. The van der Waals surface area contributed by atoms with E-state index in [0.29, 0.717) is 6.04 Å². The molecule has 0 aliphatic carbocycles. The molecule has 4 nitrogen and oxygen atoms in total. The van der Waals surface area contributed by atoms with Gasteiger partial charge in [0.2, 0.25) is 0 Å². The smallest absolute Gasteiger partial charge is 0.0705 e. The average molecular weight is 595 g/mol. The van der Waals surface area contributed by atoms with Gasteiger partial charge in [-0.05, 0) is 148 Å². The monoisotopic (exact) mass is 594 g/mol. The molecule has 2 aromatic heterocycles. The van der Waals surface area contributed by atoms with Gasteiger partial charge in [0.15, 0.2) is 0 Å². The summed E-state index contributed by atoms with van der Waals surface area (Å²) in [6, 6.07) is 29.6. The van der Waals surface area contributed by atoms with Crippen molar-refractivity contribution in [3.63, 3.8) is 0 Å². The van der Waals surface area contributed by atoms with Crippen molar-refractivity contribution < 1.29 is 0 Å². The lowest BCUT2D eigenvalue weighted by atomic mass is 9.97. The fraction of sp³-hybridized carbons (Fsp3) is 0.317. The normalized spacial score (nSPS) is 14.1. The first-order valence-corrected chi connectivity index (χ1v) is 16.3. The molecule has 230 valence electrons. The third kappa shape index (κ3) is 7.18. The number of pyridine rings is 2. The number of anilines is 1. The molecule has 0 bridgehead atoms. The molecule has 1 fully saturated rings. The molecule has 0 saturated carbocycles. The largest absolute Gasteiger partial charge is 0.364 e. The third-order valence-electron chi connectivity index (χ3n) is 9.80. The van der Waals surface area contributed by atoms with Crippen LogP contribution >= 0.6 is 0 Å². The van der Waals surface area contributed by atoms with Gasteiger partial charge in [-0.25, -0.2) is 0 Å². The molecule has 1 aliphatic rings. The minimum Gasteiger partial charge on any atom is -0.364 e. The number of nitrogens with zero attached hydrogens (tertiary/aromatic N) is 4. The third-order valence-corrected chi connectivity index (χ3v) is 9.80. The van der Waals surface area contributed by atoms with Crippen LogP contribution in [0.5, 0.6) is 0 Å². The average Bonchev–Trinajstić information content (AvgIpc) is 3.05. The van der Waals surface area contributed by atoms with Crippen LogP contribution in [-0.4, -0.2) is 34.0 Å². The highest BCUT2D eigenvalue weighted by Crippen LogP contribution is 2.29. The van der Waals surface area contributed by atoms with E-state index in [1.807, 2.05) is 12.4 Å². The summed E-state index contributed by atoms with van der Waals surface area (Å²) < 4.78 is 0. The van der Waals surface area contributed by atoms with Gasteiger partial charge in [-0.3, -0.25) is 14.9 Å². The van der Waals surface area contributed by atoms with Crippen LogP contribution in [0.3, 0.4) is 0 Å². The molecule has 6 rings (SSSR count). The van der Waals surface area contributed by atoms with E-state index < -0.39 is 0 Å². The van der Waals surface area contributed by atoms with E-state index in [2.05, 4.69) is 130 Å². The first-order valence-electron chi connectivity index (χ1n) is 16.3. The minimum atomic E-state index is 0.480. The fourth-order valence-electron chi connectivity index (χ4n) is 6.56. The van der Waals surface area contributed by atoms with Gasteiger partial charge < -0.3 is 4.90 Å². The molecule has 4 heteroatoms. The van der Waals surface area contributed by atoms with E-state index in [0.717, 1.165) is 50.4 Å². The molecule has 45 heavy (non-hydrogen) atoms. The van der Waals surface area contributed by atoms with E-state index in [1.165, 1.54) is 61.3 Å². The van der Waals surface area contributed by atoms with E-state index in [1.54, 1.807) is 0 Å². The second-order valence-corrected chi connectivity index (χ2v) is 13.1. The van der Waals surface area contributed by atoms with Crippen LogP contribution in [0.2, 0.25) is 0 Å². The molecule has 5 aromatic rings. The summed E-state index contributed by atoms with van der Waals surface area (Å²) >= 11 is 0. The number of benzene rings is 3. The molecule has 1 aliphatic heterocycles. The number of aromatic nitrogens is 2. The number of likely N-dealkylation sites (tertiary alicyclic amines) is 1. The Morgan fingerprint density at radius 2 is 1.22 bits per heavy atom. The molecule has 0 radical (unpaired) electrons. The fourth-order valence-corrected chi connectivity index (χ4v) is 6.56. The van der Waals surface area contributed by atoms with Crippen molar-refractivity contribution >= 4 is 5.69 Å². The Hall–Kier alpha value is -4.28. The second kappa shape index (κ2) is 13.4. The van der Waals surface area contributed by atoms with E-state index in [4.69, 9.17) is 9.97 Å². The van der Waals surface area contributed by atoms with E-state index >= 15 is 0 Å². The van der Waals surface area contributed by atoms with Crippen LogP contribution in [0.15, 0.2) is 91.3 Å². The molecule has 3 aromatic carbocycles. The van der Waals surface area contributed by atoms with Crippen molar-refractivity contribution in [1.82, 2.24) is 14.9 Å². The quantitative estimate of drug-likeness (QED) is 0.179. The summed E-state index contributed by atoms with van der Waals surface area (Å²) in [5.74, 6) is 0. The van der Waals surface area contributed by atoms with Crippen LogP contribution in [0.25, 0.3) is 22.5 Å². The Kier molecular flexibility index (Phi) is 9.14. The molecule has 0 spiro atoms. The molecule has 3 heterocycles.